The summed E-state index contributed by atoms with van der Waals surface area (Å²) < 4.78 is 28.9. The van der Waals surface area contributed by atoms with Crippen LogP contribution in [0.25, 0.3) is 6.08 Å². The third kappa shape index (κ3) is 0.936. The number of pyridine rings is 1. The molecule has 0 aliphatic heterocycles. The predicted octanol–water partition coefficient (Wildman–Crippen LogP) is 1.72. The van der Waals surface area contributed by atoms with Gasteiger partial charge in [0.05, 0.1) is 11.2 Å². The number of rotatable bonds is 1. The fourth-order valence-corrected chi connectivity index (χ4v) is 0.336. The predicted molar refractivity (Wildman–Crippen MR) is 34.3 cm³/mol. The Labute approximate surface area is 54.3 Å². The lowest BCUT2D eigenvalue weighted by molar-refractivity contribution is 1.30. The third-order valence-electron chi connectivity index (χ3n) is 0.679. The summed E-state index contributed by atoms with van der Waals surface area (Å²) >= 11 is 0. The van der Waals surface area contributed by atoms with E-state index < -0.39 is 0 Å². The maximum absolute atomic E-state index is 7.31. The second kappa shape index (κ2) is 2.26. The van der Waals surface area contributed by atoms with Crippen LogP contribution < -0.4 is 0 Å². The number of hydrogen-bond acceptors (Lipinski definition) is 1. The zero-order valence-corrected chi connectivity index (χ0v) is 4.23. The van der Waals surface area contributed by atoms with E-state index in [9.17, 15) is 0 Å². The van der Waals surface area contributed by atoms with Crippen LogP contribution in [0.4, 0.5) is 0 Å². The average Bonchev–Trinajstić information content (AvgIpc) is 2.08. The van der Waals surface area contributed by atoms with Crippen LogP contribution in [-0.2, 0) is 0 Å². The lowest BCUT2D eigenvalue weighted by atomic mass is 10.4. The van der Waals surface area contributed by atoms with Crippen LogP contribution in [0.3, 0.4) is 0 Å². The Morgan fingerprint density at radius 3 is 3.38 bits per heavy atom. The monoisotopic (exact) mass is 109 g/mol. The molecule has 1 heterocycles. The van der Waals surface area contributed by atoms with Gasteiger partial charge in [0.1, 0.15) is 0 Å². The summed E-state index contributed by atoms with van der Waals surface area (Å²) in [6, 6.07) is -0.735. The normalized spacial score (nSPS) is 15.5. The van der Waals surface area contributed by atoms with Crippen molar-refractivity contribution in [3.8, 4) is 0 Å². The van der Waals surface area contributed by atoms with Crippen LogP contribution in [0.2, 0.25) is 0 Å². The number of hydrogen-bond donors (Lipinski definition) is 0. The zero-order chi connectivity index (χ0) is 9.30. The van der Waals surface area contributed by atoms with Crippen molar-refractivity contribution in [2.45, 2.75) is 0 Å². The van der Waals surface area contributed by atoms with E-state index in [1.807, 2.05) is 0 Å². The van der Waals surface area contributed by atoms with Gasteiger partial charge in [0.15, 0.2) is 0 Å². The molecule has 8 heavy (non-hydrogen) atoms. The van der Waals surface area contributed by atoms with Gasteiger partial charge in [-0.2, -0.15) is 0 Å². The van der Waals surface area contributed by atoms with Crippen molar-refractivity contribution in [1.29, 1.82) is 0 Å². The molecule has 1 nitrogen and oxygen atoms in total. The highest BCUT2D eigenvalue weighted by molar-refractivity contribution is 5.40. The van der Waals surface area contributed by atoms with Crippen LogP contribution >= 0.6 is 0 Å². The van der Waals surface area contributed by atoms with E-state index in [0.717, 1.165) is 0 Å². The van der Waals surface area contributed by atoms with Crippen LogP contribution in [0.15, 0.2) is 30.9 Å². The molecule has 0 aromatic carbocycles. The summed E-state index contributed by atoms with van der Waals surface area (Å²) in [5.74, 6) is 0. The minimum atomic E-state index is -0.314. The summed E-state index contributed by atoms with van der Waals surface area (Å²) in [5, 5.41) is 0. The van der Waals surface area contributed by atoms with Gasteiger partial charge in [-0.05, 0) is 18.2 Å². The summed E-state index contributed by atoms with van der Waals surface area (Å²) in [4.78, 5) is 3.61. The van der Waals surface area contributed by atoms with E-state index in [4.69, 9.17) is 5.48 Å². The molecule has 0 N–H and O–H groups in total. The molecule has 1 aromatic heterocycles. The van der Waals surface area contributed by atoms with E-state index in [0.29, 0.717) is 0 Å². The molecule has 0 unspecified atom stereocenters. The standard InChI is InChI=1S/C7H7N/c1-2-7-5-3-4-6-8-7/h2-6H,1H2/i3D,4D,5D,6D. The van der Waals surface area contributed by atoms with E-state index in [1.54, 1.807) is 0 Å². The molecule has 1 rings (SSSR count). The molecule has 0 radical (unpaired) electrons. The maximum Gasteiger partial charge on any atom is 0.0840 e. The first-order valence-corrected chi connectivity index (χ1v) is 2.14. The van der Waals surface area contributed by atoms with E-state index >= 15 is 0 Å². The second-order valence-electron chi connectivity index (χ2n) is 1.19. The van der Waals surface area contributed by atoms with Crippen LogP contribution in [0.5, 0.6) is 0 Å². The molecule has 1 heteroatoms. The summed E-state index contributed by atoms with van der Waals surface area (Å²) in [5.41, 5.74) is 0.181. The minimum absolute atomic E-state index is 0.147. The van der Waals surface area contributed by atoms with Crippen molar-refractivity contribution < 1.29 is 5.48 Å². The fraction of sp³-hybridized carbons (Fsp3) is 0. The molecule has 0 amide bonds. The Balaban J connectivity index is 3.49. The lowest BCUT2D eigenvalue weighted by Crippen LogP contribution is -1.73. The molecule has 0 saturated heterocycles. The SMILES string of the molecule is [2H]c1nc(C=C)c([2H])c([2H])c1[2H]. The van der Waals surface area contributed by atoms with Gasteiger partial charge in [-0.3, -0.25) is 4.98 Å². The molecule has 0 aliphatic carbocycles. The van der Waals surface area contributed by atoms with Crippen molar-refractivity contribution >= 4 is 6.08 Å². The van der Waals surface area contributed by atoms with Crippen molar-refractivity contribution in [3.63, 3.8) is 0 Å². The molecule has 0 spiro atoms. The van der Waals surface area contributed by atoms with Crippen LogP contribution in [0, 0.1) is 0 Å². The average molecular weight is 109 g/mol. The smallest absolute Gasteiger partial charge is 0.0840 e. The lowest BCUT2D eigenvalue weighted by Gasteiger charge is -1.84. The van der Waals surface area contributed by atoms with Gasteiger partial charge >= 0.3 is 0 Å². The van der Waals surface area contributed by atoms with E-state index in [1.165, 1.54) is 6.08 Å². The second-order valence-corrected chi connectivity index (χ2v) is 1.19. The van der Waals surface area contributed by atoms with Crippen molar-refractivity contribution in [1.82, 2.24) is 4.98 Å². The Hall–Kier alpha value is -1.11. The number of nitrogens with zero attached hydrogens (tertiary/aromatic N) is 1. The molecular weight excluding hydrogens is 98.1 g/mol. The first kappa shape index (κ1) is 2.02. The fourth-order valence-electron chi connectivity index (χ4n) is 0.336. The molecule has 0 atom stereocenters. The molecule has 0 fully saturated rings. The van der Waals surface area contributed by atoms with Gasteiger partial charge < -0.3 is 0 Å². The summed E-state index contributed by atoms with van der Waals surface area (Å²) in [7, 11) is 0. The highest BCUT2D eigenvalue weighted by atomic mass is 14.6. The largest absolute Gasteiger partial charge is 0.257 e. The molecular formula is C7H7N. The molecule has 1 aromatic rings. The highest BCUT2D eigenvalue weighted by Gasteiger charge is 1.77. The Morgan fingerprint density at radius 2 is 2.62 bits per heavy atom. The van der Waals surface area contributed by atoms with Crippen molar-refractivity contribution in [3.05, 3.63) is 36.6 Å². The van der Waals surface area contributed by atoms with Gasteiger partial charge in [-0.1, -0.05) is 12.6 Å². The Bertz CT molecular complexity index is 335. The molecule has 0 aliphatic rings. The topological polar surface area (TPSA) is 12.9 Å². The quantitative estimate of drug-likeness (QED) is 0.535. The first-order valence-electron chi connectivity index (χ1n) is 4.14. The van der Waals surface area contributed by atoms with Gasteiger partial charge in [-0.15, -0.1) is 0 Å². The maximum atomic E-state index is 7.31. The van der Waals surface area contributed by atoms with Crippen molar-refractivity contribution in [2.75, 3.05) is 0 Å². The molecule has 0 bridgehead atoms. The van der Waals surface area contributed by atoms with Gasteiger partial charge in [-0.25, -0.2) is 0 Å². The minimum Gasteiger partial charge on any atom is -0.257 e. The van der Waals surface area contributed by atoms with Crippen LogP contribution in [-0.4, -0.2) is 4.98 Å². The summed E-state index contributed by atoms with van der Waals surface area (Å²) in [6.07, 6.45) is 1.02. The Morgan fingerprint density at radius 1 is 1.75 bits per heavy atom. The summed E-state index contributed by atoms with van der Waals surface area (Å²) in [6.45, 7) is 3.39. The zero-order valence-electron chi connectivity index (χ0n) is 8.23. The van der Waals surface area contributed by atoms with Crippen LogP contribution in [0.1, 0.15) is 11.2 Å². The first-order chi connectivity index (χ1) is 5.57. The van der Waals surface area contributed by atoms with Gasteiger partial charge in [0.25, 0.3) is 0 Å². The molecule has 40 valence electrons. The van der Waals surface area contributed by atoms with Gasteiger partial charge in [0, 0.05) is 6.17 Å². The highest BCUT2D eigenvalue weighted by Crippen LogP contribution is 1.91. The van der Waals surface area contributed by atoms with Gasteiger partial charge in [0.2, 0.25) is 0 Å². The van der Waals surface area contributed by atoms with E-state index in [2.05, 4.69) is 11.6 Å². The number of aromatic nitrogens is 1. The third-order valence-corrected chi connectivity index (χ3v) is 0.679. The molecule has 0 saturated carbocycles. The van der Waals surface area contributed by atoms with E-state index in [-0.39, 0.29) is 30.0 Å². The Kier molecular flexibility index (Phi) is 0.570. The van der Waals surface area contributed by atoms with Crippen molar-refractivity contribution in [2.24, 2.45) is 0 Å².